The van der Waals surface area contributed by atoms with Gasteiger partial charge in [-0.15, -0.1) is 0 Å². The Hall–Kier alpha value is -1.35. The van der Waals surface area contributed by atoms with Crippen LogP contribution in [0.4, 0.5) is 5.69 Å². The minimum absolute atomic E-state index is 0.923. The van der Waals surface area contributed by atoms with Crippen LogP contribution in [0.5, 0.6) is 0 Å². The number of anilines is 1. The molecule has 1 aromatic carbocycles. The van der Waals surface area contributed by atoms with Crippen LogP contribution in [0.1, 0.15) is 16.7 Å². The molecule has 94 valence electrons. The van der Waals surface area contributed by atoms with E-state index in [2.05, 4.69) is 64.3 Å². The van der Waals surface area contributed by atoms with Crippen LogP contribution in [-0.2, 0) is 6.42 Å². The minimum Gasteiger partial charge on any atom is -0.384 e. The normalized spacial score (nSPS) is 10.4. The number of pyridine rings is 1. The van der Waals surface area contributed by atoms with Crippen LogP contribution < -0.4 is 5.32 Å². The maximum absolute atomic E-state index is 4.02. The topological polar surface area (TPSA) is 24.9 Å². The van der Waals surface area contributed by atoms with Crippen molar-refractivity contribution in [2.75, 3.05) is 11.9 Å². The second kappa shape index (κ2) is 6.01. The number of aryl methyl sites for hydroxylation is 2. The van der Waals surface area contributed by atoms with E-state index in [4.69, 9.17) is 0 Å². The fourth-order valence-corrected chi connectivity index (χ4v) is 2.83. The molecule has 0 saturated heterocycles. The zero-order valence-corrected chi connectivity index (χ0v) is 12.3. The quantitative estimate of drug-likeness (QED) is 0.919. The van der Waals surface area contributed by atoms with Gasteiger partial charge in [0.15, 0.2) is 0 Å². The molecule has 1 aromatic heterocycles. The van der Waals surface area contributed by atoms with Crippen molar-refractivity contribution in [2.45, 2.75) is 20.3 Å². The van der Waals surface area contributed by atoms with Crippen molar-refractivity contribution in [3.63, 3.8) is 0 Å². The second-order valence-electron chi connectivity index (χ2n) is 4.47. The van der Waals surface area contributed by atoms with Gasteiger partial charge in [0.1, 0.15) is 0 Å². The number of nitrogens with one attached hydrogen (secondary N) is 1. The van der Waals surface area contributed by atoms with E-state index in [1.54, 1.807) is 0 Å². The van der Waals surface area contributed by atoms with E-state index in [0.29, 0.717) is 0 Å². The minimum atomic E-state index is 0.923. The van der Waals surface area contributed by atoms with E-state index >= 15 is 0 Å². The Kier molecular flexibility index (Phi) is 4.37. The number of hydrogen-bond acceptors (Lipinski definition) is 2. The summed E-state index contributed by atoms with van der Waals surface area (Å²) in [5.41, 5.74) is 5.05. The Bertz CT molecular complexity index is 500. The molecule has 2 aromatic rings. The summed E-state index contributed by atoms with van der Waals surface area (Å²) in [5.74, 6) is 0. The Morgan fingerprint density at radius 3 is 2.56 bits per heavy atom. The Morgan fingerprint density at radius 1 is 1.17 bits per heavy atom. The lowest BCUT2D eigenvalue weighted by atomic mass is 10.1. The zero-order valence-electron chi connectivity index (χ0n) is 10.7. The highest BCUT2D eigenvalue weighted by Gasteiger charge is 2.04. The molecule has 0 aliphatic heterocycles. The summed E-state index contributed by atoms with van der Waals surface area (Å²) in [6, 6.07) is 8.44. The third-order valence-corrected chi connectivity index (χ3v) is 3.52. The summed E-state index contributed by atoms with van der Waals surface area (Å²) in [5, 5.41) is 3.49. The fraction of sp³-hybridized carbons (Fsp3) is 0.267. The van der Waals surface area contributed by atoms with E-state index < -0.39 is 0 Å². The van der Waals surface area contributed by atoms with Gasteiger partial charge in [-0.3, -0.25) is 4.98 Å². The Labute approximate surface area is 117 Å². The van der Waals surface area contributed by atoms with Gasteiger partial charge in [0.25, 0.3) is 0 Å². The molecular weight excluding hydrogens is 288 g/mol. The van der Waals surface area contributed by atoms with Crippen LogP contribution in [0.25, 0.3) is 0 Å². The fourth-order valence-electron chi connectivity index (χ4n) is 2.02. The van der Waals surface area contributed by atoms with E-state index in [1.807, 2.05) is 12.4 Å². The van der Waals surface area contributed by atoms with Crippen LogP contribution in [-0.4, -0.2) is 11.5 Å². The smallest absolute Gasteiger partial charge is 0.0514 e. The third kappa shape index (κ3) is 3.33. The van der Waals surface area contributed by atoms with Gasteiger partial charge in [0.2, 0.25) is 0 Å². The largest absolute Gasteiger partial charge is 0.384 e. The lowest BCUT2D eigenvalue weighted by Gasteiger charge is -2.12. The van der Waals surface area contributed by atoms with Gasteiger partial charge in [0, 0.05) is 23.4 Å². The molecule has 0 unspecified atom stereocenters. The average molecular weight is 305 g/mol. The first-order valence-electron chi connectivity index (χ1n) is 6.06. The SMILES string of the molecule is Cc1cc(C)c(NCCc2ccncc2)c(Br)c1. The van der Waals surface area contributed by atoms with Gasteiger partial charge in [0.05, 0.1) is 5.69 Å². The highest BCUT2D eigenvalue weighted by molar-refractivity contribution is 9.10. The monoisotopic (exact) mass is 304 g/mol. The molecule has 0 saturated carbocycles. The predicted octanol–water partition coefficient (Wildman–Crippen LogP) is 4.12. The molecule has 0 atom stereocenters. The maximum atomic E-state index is 4.02. The molecule has 18 heavy (non-hydrogen) atoms. The van der Waals surface area contributed by atoms with Crippen LogP contribution in [0, 0.1) is 13.8 Å². The number of halogens is 1. The molecule has 2 nitrogen and oxygen atoms in total. The summed E-state index contributed by atoms with van der Waals surface area (Å²) in [6.45, 7) is 5.16. The summed E-state index contributed by atoms with van der Waals surface area (Å²) < 4.78 is 1.13. The number of rotatable bonds is 4. The number of hydrogen-bond donors (Lipinski definition) is 1. The second-order valence-corrected chi connectivity index (χ2v) is 5.33. The number of aromatic nitrogens is 1. The zero-order chi connectivity index (χ0) is 13.0. The standard InChI is InChI=1S/C15H17BrN2/c1-11-9-12(2)15(14(16)10-11)18-8-5-13-3-6-17-7-4-13/h3-4,6-7,9-10,18H,5,8H2,1-2H3. The van der Waals surface area contributed by atoms with Gasteiger partial charge >= 0.3 is 0 Å². The van der Waals surface area contributed by atoms with Gasteiger partial charge in [-0.05, 0) is 71.1 Å². The first-order valence-corrected chi connectivity index (χ1v) is 6.85. The van der Waals surface area contributed by atoms with Crippen molar-refractivity contribution >= 4 is 21.6 Å². The van der Waals surface area contributed by atoms with Crippen molar-refractivity contribution in [2.24, 2.45) is 0 Å². The molecule has 0 aliphatic rings. The summed E-state index contributed by atoms with van der Waals surface area (Å²) in [6.07, 6.45) is 4.67. The van der Waals surface area contributed by atoms with Gasteiger partial charge in [-0.25, -0.2) is 0 Å². The summed E-state index contributed by atoms with van der Waals surface area (Å²) in [4.78, 5) is 4.02. The van der Waals surface area contributed by atoms with Gasteiger partial charge < -0.3 is 5.32 Å². The van der Waals surface area contributed by atoms with Gasteiger partial charge in [-0.1, -0.05) is 6.07 Å². The maximum Gasteiger partial charge on any atom is 0.0514 e. The molecule has 0 aliphatic carbocycles. The Morgan fingerprint density at radius 2 is 1.89 bits per heavy atom. The molecule has 1 N–H and O–H groups in total. The molecule has 0 radical (unpaired) electrons. The Balaban J connectivity index is 1.99. The highest BCUT2D eigenvalue weighted by Crippen LogP contribution is 2.27. The third-order valence-electron chi connectivity index (χ3n) is 2.90. The van der Waals surface area contributed by atoms with Crippen molar-refractivity contribution in [1.82, 2.24) is 4.98 Å². The summed E-state index contributed by atoms with van der Waals surface area (Å²) in [7, 11) is 0. The van der Waals surface area contributed by atoms with Crippen LogP contribution in [0.3, 0.4) is 0 Å². The van der Waals surface area contributed by atoms with Crippen molar-refractivity contribution < 1.29 is 0 Å². The van der Waals surface area contributed by atoms with E-state index in [-0.39, 0.29) is 0 Å². The van der Waals surface area contributed by atoms with Crippen LogP contribution in [0.15, 0.2) is 41.1 Å². The molecule has 3 heteroatoms. The predicted molar refractivity (Wildman–Crippen MR) is 80.0 cm³/mol. The van der Waals surface area contributed by atoms with Crippen molar-refractivity contribution in [3.8, 4) is 0 Å². The molecule has 0 amide bonds. The molecule has 2 rings (SSSR count). The summed E-state index contributed by atoms with van der Waals surface area (Å²) >= 11 is 3.61. The van der Waals surface area contributed by atoms with E-state index in [9.17, 15) is 0 Å². The molecular formula is C15H17BrN2. The number of nitrogens with zero attached hydrogens (tertiary/aromatic N) is 1. The van der Waals surface area contributed by atoms with Gasteiger partial charge in [-0.2, -0.15) is 0 Å². The molecule has 0 fully saturated rings. The molecule has 1 heterocycles. The van der Waals surface area contributed by atoms with Crippen molar-refractivity contribution in [3.05, 3.63) is 57.8 Å². The van der Waals surface area contributed by atoms with E-state index in [0.717, 1.165) is 17.4 Å². The van der Waals surface area contributed by atoms with E-state index in [1.165, 1.54) is 22.4 Å². The lowest BCUT2D eigenvalue weighted by molar-refractivity contribution is 1.01. The molecule has 0 bridgehead atoms. The van der Waals surface area contributed by atoms with Crippen molar-refractivity contribution in [1.29, 1.82) is 0 Å². The van der Waals surface area contributed by atoms with Crippen LogP contribution >= 0.6 is 15.9 Å². The molecule has 0 spiro atoms. The van der Waals surface area contributed by atoms with Crippen LogP contribution in [0.2, 0.25) is 0 Å². The first kappa shape index (κ1) is 13.1. The first-order chi connectivity index (χ1) is 8.66. The lowest BCUT2D eigenvalue weighted by Crippen LogP contribution is -2.07. The number of benzene rings is 1. The average Bonchev–Trinajstić information content (AvgIpc) is 2.34. The highest BCUT2D eigenvalue weighted by atomic mass is 79.9.